The van der Waals surface area contributed by atoms with E-state index in [1.807, 2.05) is 20.8 Å². The fourth-order valence-electron chi connectivity index (χ4n) is 11.1. The Morgan fingerprint density at radius 2 is 0.562 bits per heavy atom. The number of methoxy groups -OCH3 is 2. The second kappa shape index (κ2) is 53.0. The van der Waals surface area contributed by atoms with Gasteiger partial charge in [-0.3, -0.25) is 57.5 Å². The molecule has 6 atom stereocenters. The van der Waals surface area contributed by atoms with Gasteiger partial charge in [0.05, 0.1) is 76.2 Å². The summed E-state index contributed by atoms with van der Waals surface area (Å²) >= 11 is 0. The summed E-state index contributed by atoms with van der Waals surface area (Å²) in [4.78, 5) is 149. The van der Waals surface area contributed by atoms with E-state index in [4.69, 9.17) is 18.9 Å². The molecule has 0 aliphatic carbocycles. The Bertz CT molecular complexity index is 2280. The molecular weight excluding hydrogens is 1260 g/mol. The summed E-state index contributed by atoms with van der Waals surface area (Å²) in [5, 5.41) is 0. The van der Waals surface area contributed by atoms with Gasteiger partial charge in [0.1, 0.15) is 0 Å². The number of carbonyl (C=O) groups is 12. The minimum Gasteiger partial charge on any atom is -0.469 e. The Morgan fingerprint density at radius 3 is 0.802 bits per heavy atom. The van der Waals surface area contributed by atoms with E-state index in [-0.39, 0.29) is 126 Å². The molecule has 554 valence electrons. The van der Waals surface area contributed by atoms with E-state index in [0.29, 0.717) is 104 Å². The van der Waals surface area contributed by atoms with Gasteiger partial charge in [0.25, 0.3) is 0 Å². The van der Waals surface area contributed by atoms with E-state index in [2.05, 4.69) is 57.9 Å². The van der Waals surface area contributed by atoms with E-state index in [1.165, 1.54) is 27.1 Å². The van der Waals surface area contributed by atoms with Crippen molar-refractivity contribution in [2.45, 2.75) is 236 Å². The molecule has 6 heterocycles. The summed E-state index contributed by atoms with van der Waals surface area (Å²) in [6, 6.07) is 0.168. The van der Waals surface area contributed by atoms with Crippen LogP contribution in [0.25, 0.3) is 0 Å². The van der Waals surface area contributed by atoms with E-state index in [9.17, 15) is 57.5 Å². The average Bonchev–Trinajstić information content (AvgIpc) is 1.94. The van der Waals surface area contributed by atoms with Crippen molar-refractivity contribution in [3.63, 3.8) is 0 Å². The Hall–Kier alpha value is -6.01. The fourth-order valence-corrected chi connectivity index (χ4v) is 11.1. The quantitative estimate of drug-likeness (QED) is 0.0329. The third-order valence-electron chi connectivity index (χ3n) is 17.2. The van der Waals surface area contributed by atoms with Crippen LogP contribution in [0, 0.1) is 35.5 Å². The molecule has 0 bridgehead atoms. The maximum atomic E-state index is 11.8. The molecule has 5 unspecified atom stereocenters. The molecule has 0 radical (unpaired) electrons. The van der Waals surface area contributed by atoms with Crippen LogP contribution in [0.15, 0.2) is 0 Å². The van der Waals surface area contributed by atoms with Crippen molar-refractivity contribution in [3.8, 4) is 0 Å². The molecule has 0 aromatic heterocycles. The summed E-state index contributed by atoms with van der Waals surface area (Å²) in [6.45, 7) is 31.3. The Morgan fingerprint density at radius 1 is 0.323 bits per heavy atom. The number of likely N-dealkylation sites (tertiary alicyclic amines) is 6. The number of rotatable bonds is 34. The lowest BCUT2D eigenvalue weighted by Crippen LogP contribution is -2.33. The topological polar surface area (TPSA) is 280 Å². The van der Waals surface area contributed by atoms with Gasteiger partial charge in [0.15, 0.2) is 0 Å². The highest BCUT2D eigenvalue weighted by atomic mass is 32.1. The van der Waals surface area contributed by atoms with E-state index in [1.54, 1.807) is 36.3 Å². The molecular formula is C71H126N6O18S. The second-order valence-corrected chi connectivity index (χ2v) is 25.6. The maximum Gasteiger partial charge on any atom is 0.311 e. The van der Waals surface area contributed by atoms with Crippen LogP contribution in [0.3, 0.4) is 0 Å². The first-order valence-corrected chi connectivity index (χ1v) is 36.0. The predicted molar refractivity (Wildman–Crippen MR) is 371 cm³/mol. The van der Waals surface area contributed by atoms with Crippen LogP contribution in [-0.4, -0.2) is 219 Å². The van der Waals surface area contributed by atoms with Gasteiger partial charge < -0.3 is 57.8 Å². The standard InChI is InChI=1S/C15H27NO3.C13H23NO3.C12H21NO3.C11H19NO3.2C10H17NO3.H2S/c1-3-5-7-8-10-19-15(18)13-11-14(17)16(12-13)9-6-4-2;1-3-5-7-14-10-11(9-12(14)15)13(16)17-8-6-4-2;1-4-5-6-16-12(15)10-7-11(14)13(8-10)9(2)3;1-3-5-6-12-8-9(7-10(12)13)11(14)15-4-2;2*1-3-4-5-11-7-8(6-9(11)12)10(13)14-2;/h13H,3-12H2,1-2H3;11H,3-10H2,1-2H3;9-10H,4-8H2,1-3H3;9H,3-8H2,1-2H3;2*8H,3-7H2,1-2H3;1H2/t;;;;8-;;/m....0../s1. The molecule has 0 N–H and O–H groups in total. The number of amides is 6. The third kappa shape index (κ3) is 35.0. The minimum atomic E-state index is -0.266. The van der Waals surface area contributed by atoms with Gasteiger partial charge in [-0.25, -0.2) is 0 Å². The average molecular weight is 1380 g/mol. The highest BCUT2D eigenvalue weighted by molar-refractivity contribution is 7.59. The predicted octanol–water partition coefficient (Wildman–Crippen LogP) is 9.25. The van der Waals surface area contributed by atoms with Crippen LogP contribution in [0.4, 0.5) is 0 Å². The van der Waals surface area contributed by atoms with E-state index in [0.717, 1.165) is 135 Å². The van der Waals surface area contributed by atoms with Crippen molar-refractivity contribution < 1.29 is 86.0 Å². The monoisotopic (exact) mass is 1380 g/mol. The van der Waals surface area contributed by atoms with Crippen molar-refractivity contribution in [1.82, 2.24) is 29.4 Å². The zero-order valence-electron chi connectivity index (χ0n) is 61.2. The molecule has 6 aliphatic rings. The maximum absolute atomic E-state index is 11.8. The molecule has 0 spiro atoms. The van der Waals surface area contributed by atoms with Gasteiger partial charge in [0.2, 0.25) is 35.4 Å². The molecule has 0 aromatic carbocycles. The normalized spacial score (nSPS) is 20.2. The Kier molecular flexibility index (Phi) is 49.7. The molecule has 25 heteroatoms. The summed E-state index contributed by atoms with van der Waals surface area (Å²) < 4.78 is 29.7. The molecule has 6 rings (SSSR count). The van der Waals surface area contributed by atoms with Gasteiger partial charge in [0, 0.05) is 117 Å². The smallest absolute Gasteiger partial charge is 0.311 e. The zero-order chi connectivity index (χ0) is 71.3. The van der Waals surface area contributed by atoms with Crippen molar-refractivity contribution in [1.29, 1.82) is 0 Å². The SMILES string of the molecule is CCCCCCOC(=O)C1CC(=O)N(CCCC)C1.CCCCN1CC(C(=O)OC)CC1=O.CCCCN1CC(C(=O)OCC)CC1=O.CCCCN1C[C@@H](C(=O)OC)CC1=O.CCCCOC(=O)C1CC(=O)N(C(C)C)C1.CCCCOC(=O)C1CC(=O)N(CCCC)C1.S. The fraction of sp³-hybridized carbons (Fsp3) is 0.831. The second-order valence-electron chi connectivity index (χ2n) is 25.6. The first-order valence-electron chi connectivity index (χ1n) is 36.0. The lowest BCUT2D eigenvalue weighted by atomic mass is 10.1. The van der Waals surface area contributed by atoms with Crippen LogP contribution < -0.4 is 0 Å². The van der Waals surface area contributed by atoms with Gasteiger partial charge in [-0.1, -0.05) is 120 Å². The van der Waals surface area contributed by atoms with Crippen molar-refractivity contribution in [3.05, 3.63) is 0 Å². The van der Waals surface area contributed by atoms with Crippen LogP contribution in [0.1, 0.15) is 230 Å². The van der Waals surface area contributed by atoms with Crippen molar-refractivity contribution in [2.24, 2.45) is 35.5 Å². The highest BCUT2D eigenvalue weighted by Crippen LogP contribution is 2.25. The number of ether oxygens (including phenoxy) is 6. The van der Waals surface area contributed by atoms with Crippen LogP contribution >= 0.6 is 13.5 Å². The van der Waals surface area contributed by atoms with Gasteiger partial charge in [-0.15, -0.1) is 0 Å². The first kappa shape index (κ1) is 90.0. The largest absolute Gasteiger partial charge is 0.469 e. The molecule has 0 saturated carbocycles. The Labute approximate surface area is 582 Å². The number of unbranched alkanes of at least 4 members (excludes halogenated alkanes) is 10. The lowest BCUT2D eigenvalue weighted by molar-refractivity contribution is -0.149. The third-order valence-corrected chi connectivity index (χ3v) is 17.2. The molecule has 0 aromatic rings. The lowest BCUT2D eigenvalue weighted by Gasteiger charge is -2.20. The summed E-state index contributed by atoms with van der Waals surface area (Å²) in [5.41, 5.74) is 0. The molecule has 24 nitrogen and oxygen atoms in total. The summed E-state index contributed by atoms with van der Waals surface area (Å²) in [5.74, 6) is -2.35. The van der Waals surface area contributed by atoms with Crippen LogP contribution in [0.2, 0.25) is 0 Å². The van der Waals surface area contributed by atoms with Gasteiger partial charge >= 0.3 is 35.8 Å². The number of hydrogen-bond acceptors (Lipinski definition) is 18. The number of nitrogens with zero attached hydrogens (tertiary/aromatic N) is 6. The minimum absolute atomic E-state index is 0. The number of carbonyl (C=O) groups excluding carboxylic acids is 12. The zero-order valence-corrected chi connectivity index (χ0v) is 62.2. The molecule has 6 saturated heterocycles. The van der Waals surface area contributed by atoms with E-state index >= 15 is 0 Å². The number of esters is 6. The molecule has 6 amide bonds. The van der Waals surface area contributed by atoms with Crippen LogP contribution in [0.5, 0.6) is 0 Å². The van der Waals surface area contributed by atoms with Gasteiger partial charge in [-0.05, 0) is 72.1 Å². The van der Waals surface area contributed by atoms with Gasteiger partial charge in [-0.2, -0.15) is 13.5 Å². The van der Waals surface area contributed by atoms with E-state index < -0.39 is 0 Å². The van der Waals surface area contributed by atoms with Crippen molar-refractivity contribution in [2.75, 3.05) is 113 Å². The molecule has 6 fully saturated rings. The molecule has 96 heavy (non-hydrogen) atoms. The van der Waals surface area contributed by atoms with Crippen LogP contribution in [-0.2, 0) is 86.0 Å². The Balaban J connectivity index is 0.00000113. The summed E-state index contributed by atoms with van der Waals surface area (Å²) in [6.07, 6.45) is 20.5. The molecule has 6 aliphatic heterocycles. The van der Waals surface area contributed by atoms with Crippen molar-refractivity contribution >= 4 is 84.8 Å². The number of hydrogen-bond donors (Lipinski definition) is 0. The summed E-state index contributed by atoms with van der Waals surface area (Å²) in [7, 11) is 2.73. The first-order chi connectivity index (χ1) is 45.5. The highest BCUT2D eigenvalue weighted by Gasteiger charge is 2.40.